The Morgan fingerprint density at radius 3 is 2.13 bits per heavy atom. The van der Waals surface area contributed by atoms with E-state index >= 15 is 0 Å². The van der Waals surface area contributed by atoms with Gasteiger partial charge in [0.1, 0.15) is 0 Å². The third-order valence-corrected chi connectivity index (χ3v) is 3.66. The van der Waals surface area contributed by atoms with Gasteiger partial charge in [0.15, 0.2) is 0 Å². The zero-order valence-electron chi connectivity index (χ0n) is 11.8. The van der Waals surface area contributed by atoms with Crippen LogP contribution in [-0.4, -0.2) is 11.1 Å². The maximum absolute atomic E-state index is 12.7. The number of hydrogen-bond acceptors (Lipinski definition) is 1. The first kappa shape index (κ1) is 15.1. The van der Waals surface area contributed by atoms with Gasteiger partial charge in [-0.2, -0.15) is 13.2 Å². The molecule has 0 aliphatic heterocycles. The molecule has 5 heteroatoms. The quantitative estimate of drug-likeness (QED) is 0.703. The molecule has 0 spiro atoms. The van der Waals surface area contributed by atoms with Gasteiger partial charge in [-0.25, -0.2) is 4.79 Å². The number of halogens is 3. The topological polar surface area (TPSA) is 37.3 Å². The summed E-state index contributed by atoms with van der Waals surface area (Å²) in [6.07, 6.45) is -4.42. The highest BCUT2D eigenvalue weighted by Gasteiger charge is 2.30. The van der Waals surface area contributed by atoms with Crippen molar-refractivity contribution in [3.05, 3.63) is 71.8 Å². The number of carboxylic acids is 1. The molecule has 3 aromatic carbocycles. The highest BCUT2D eigenvalue weighted by atomic mass is 19.4. The van der Waals surface area contributed by atoms with Crippen molar-refractivity contribution in [2.45, 2.75) is 6.18 Å². The highest BCUT2D eigenvalue weighted by Crippen LogP contribution is 2.35. The molecule has 0 bridgehead atoms. The monoisotopic (exact) mass is 316 g/mol. The second-order valence-corrected chi connectivity index (χ2v) is 5.09. The summed E-state index contributed by atoms with van der Waals surface area (Å²) in [7, 11) is 0. The van der Waals surface area contributed by atoms with Gasteiger partial charge in [-0.05, 0) is 34.5 Å². The molecule has 0 aliphatic carbocycles. The molecule has 3 aromatic rings. The van der Waals surface area contributed by atoms with Crippen LogP contribution in [-0.2, 0) is 6.18 Å². The molecule has 0 aliphatic rings. The maximum atomic E-state index is 12.7. The Morgan fingerprint density at radius 1 is 0.870 bits per heavy atom. The van der Waals surface area contributed by atoms with Crippen LogP contribution in [0.2, 0.25) is 0 Å². The van der Waals surface area contributed by atoms with Crippen molar-refractivity contribution in [1.29, 1.82) is 0 Å². The Balaban J connectivity index is 2.25. The summed E-state index contributed by atoms with van der Waals surface area (Å²) in [6.45, 7) is 0. The molecular formula is C18H11F3O2. The van der Waals surface area contributed by atoms with Gasteiger partial charge in [-0.3, -0.25) is 0 Å². The lowest BCUT2D eigenvalue weighted by molar-refractivity contribution is -0.137. The average Bonchev–Trinajstić information content (AvgIpc) is 2.53. The van der Waals surface area contributed by atoms with E-state index in [0.717, 1.165) is 17.5 Å². The Kier molecular flexibility index (Phi) is 3.56. The lowest BCUT2D eigenvalue weighted by Crippen LogP contribution is -2.04. The predicted molar refractivity (Wildman–Crippen MR) is 81.3 cm³/mol. The minimum atomic E-state index is -4.42. The zero-order chi connectivity index (χ0) is 16.6. The summed E-state index contributed by atoms with van der Waals surface area (Å²) in [5.41, 5.74) is 0.151. The summed E-state index contributed by atoms with van der Waals surface area (Å²) in [6, 6.07) is 14.9. The van der Waals surface area contributed by atoms with Gasteiger partial charge in [0, 0.05) is 5.56 Å². The van der Waals surface area contributed by atoms with Crippen LogP contribution in [0, 0.1) is 0 Å². The molecule has 0 radical (unpaired) electrons. The maximum Gasteiger partial charge on any atom is 0.416 e. The Labute approximate surface area is 129 Å². The van der Waals surface area contributed by atoms with Gasteiger partial charge < -0.3 is 5.11 Å². The van der Waals surface area contributed by atoms with E-state index in [9.17, 15) is 23.1 Å². The van der Waals surface area contributed by atoms with Gasteiger partial charge in [0.2, 0.25) is 0 Å². The van der Waals surface area contributed by atoms with E-state index in [1.54, 1.807) is 18.2 Å². The van der Waals surface area contributed by atoms with E-state index in [2.05, 4.69) is 0 Å². The molecular weight excluding hydrogens is 305 g/mol. The Bertz CT molecular complexity index is 881. The summed E-state index contributed by atoms with van der Waals surface area (Å²) >= 11 is 0. The van der Waals surface area contributed by atoms with Crippen molar-refractivity contribution in [2.24, 2.45) is 0 Å². The molecule has 116 valence electrons. The fourth-order valence-corrected chi connectivity index (χ4v) is 2.59. The van der Waals surface area contributed by atoms with Crippen LogP contribution in [0.3, 0.4) is 0 Å². The van der Waals surface area contributed by atoms with Gasteiger partial charge in [-0.15, -0.1) is 0 Å². The first-order valence-electron chi connectivity index (χ1n) is 6.80. The minimum absolute atomic E-state index is 0.0588. The number of hydrogen-bond donors (Lipinski definition) is 1. The Hall–Kier alpha value is -2.82. The van der Waals surface area contributed by atoms with E-state index < -0.39 is 17.7 Å². The van der Waals surface area contributed by atoms with Crippen LogP contribution in [0.15, 0.2) is 60.7 Å². The van der Waals surface area contributed by atoms with E-state index in [1.165, 1.54) is 18.2 Å². The van der Waals surface area contributed by atoms with Crippen molar-refractivity contribution in [2.75, 3.05) is 0 Å². The zero-order valence-corrected chi connectivity index (χ0v) is 11.8. The molecule has 0 amide bonds. The normalized spacial score (nSPS) is 11.6. The van der Waals surface area contributed by atoms with Crippen LogP contribution >= 0.6 is 0 Å². The van der Waals surface area contributed by atoms with Crippen LogP contribution in [0.25, 0.3) is 21.9 Å². The summed E-state index contributed by atoms with van der Waals surface area (Å²) < 4.78 is 38.1. The largest absolute Gasteiger partial charge is 0.478 e. The number of benzene rings is 3. The van der Waals surface area contributed by atoms with Crippen LogP contribution in [0.5, 0.6) is 0 Å². The molecule has 3 rings (SSSR count). The van der Waals surface area contributed by atoms with Crippen LogP contribution in [0.4, 0.5) is 13.2 Å². The second-order valence-electron chi connectivity index (χ2n) is 5.09. The number of carboxylic acid groups (broad SMARTS) is 1. The lowest BCUT2D eigenvalue weighted by atomic mass is 9.93. The van der Waals surface area contributed by atoms with Crippen molar-refractivity contribution in [3.8, 4) is 11.1 Å². The molecule has 23 heavy (non-hydrogen) atoms. The smallest absolute Gasteiger partial charge is 0.416 e. The highest BCUT2D eigenvalue weighted by molar-refractivity contribution is 6.07. The lowest BCUT2D eigenvalue weighted by Gasteiger charge is -2.12. The van der Waals surface area contributed by atoms with Crippen molar-refractivity contribution >= 4 is 16.7 Å². The molecule has 0 fully saturated rings. The van der Waals surface area contributed by atoms with Crippen molar-refractivity contribution in [1.82, 2.24) is 0 Å². The number of aromatic carboxylic acids is 1. The molecule has 0 saturated carbocycles. The third-order valence-electron chi connectivity index (χ3n) is 3.66. The van der Waals surface area contributed by atoms with Crippen LogP contribution in [0.1, 0.15) is 15.9 Å². The summed E-state index contributed by atoms with van der Waals surface area (Å²) in [5, 5.41) is 10.9. The van der Waals surface area contributed by atoms with Gasteiger partial charge in [-0.1, -0.05) is 42.5 Å². The molecule has 1 N–H and O–H groups in total. The molecule has 0 saturated heterocycles. The Morgan fingerprint density at radius 2 is 1.52 bits per heavy atom. The van der Waals surface area contributed by atoms with Gasteiger partial charge >= 0.3 is 12.1 Å². The first-order valence-corrected chi connectivity index (χ1v) is 6.80. The number of fused-ring (bicyclic) bond motifs is 1. The molecule has 2 nitrogen and oxygen atoms in total. The van der Waals surface area contributed by atoms with Gasteiger partial charge in [0.25, 0.3) is 0 Å². The third kappa shape index (κ3) is 2.77. The van der Waals surface area contributed by atoms with Crippen molar-refractivity contribution < 1.29 is 23.1 Å². The summed E-state index contributed by atoms with van der Waals surface area (Å²) in [5.74, 6) is -1.12. The van der Waals surface area contributed by atoms with Crippen LogP contribution < -0.4 is 0 Å². The molecule has 0 atom stereocenters. The van der Waals surface area contributed by atoms with Gasteiger partial charge in [0.05, 0.1) is 11.1 Å². The fraction of sp³-hybridized carbons (Fsp3) is 0.0556. The number of alkyl halides is 3. The summed E-state index contributed by atoms with van der Waals surface area (Å²) in [4.78, 5) is 11.5. The van der Waals surface area contributed by atoms with E-state index in [1.807, 2.05) is 12.1 Å². The number of carbonyl (C=O) groups is 1. The first-order chi connectivity index (χ1) is 10.9. The predicted octanol–water partition coefficient (Wildman–Crippen LogP) is 5.22. The SMILES string of the molecule is O=C(O)c1ccc2ccccc2c1-c1ccc(C(F)(F)F)cc1. The van der Waals surface area contributed by atoms with E-state index in [-0.39, 0.29) is 5.56 Å². The fourth-order valence-electron chi connectivity index (χ4n) is 2.59. The molecule has 0 unspecified atom stereocenters. The average molecular weight is 316 g/mol. The van der Waals surface area contributed by atoms with E-state index in [0.29, 0.717) is 16.5 Å². The minimum Gasteiger partial charge on any atom is -0.478 e. The van der Waals surface area contributed by atoms with E-state index in [4.69, 9.17) is 0 Å². The van der Waals surface area contributed by atoms with Crippen molar-refractivity contribution in [3.63, 3.8) is 0 Å². The number of rotatable bonds is 2. The standard InChI is InChI=1S/C18H11F3O2/c19-18(20,21)13-8-5-12(6-9-13)16-14-4-2-1-3-11(14)7-10-15(16)17(22)23/h1-10H,(H,22,23). The molecule has 0 heterocycles. The second kappa shape index (κ2) is 5.43. The molecule has 0 aromatic heterocycles.